The Morgan fingerprint density at radius 1 is 0.828 bits per heavy atom. The maximum Gasteiger partial charge on any atom is 0.277 e. The number of nitrogens with zero attached hydrogens (tertiary/aromatic N) is 4. The van der Waals surface area contributed by atoms with Gasteiger partial charge < -0.3 is 13.6 Å². The highest BCUT2D eigenvalue weighted by Crippen LogP contribution is 2.35. The molecule has 2 aromatic heterocycles. The summed E-state index contributed by atoms with van der Waals surface area (Å²) in [4.78, 5) is 0. The lowest BCUT2D eigenvalue weighted by molar-refractivity contribution is 0.415. The molecule has 2 aromatic carbocycles. The van der Waals surface area contributed by atoms with Gasteiger partial charge in [0.2, 0.25) is 17.7 Å². The molecule has 0 bridgehead atoms. The molecule has 4 aromatic rings. The average molecular weight is 408 g/mol. The lowest BCUT2D eigenvalue weighted by Gasteiger charge is -2.02. The quantitative estimate of drug-likeness (QED) is 0.399. The molecule has 0 aliphatic heterocycles. The molecule has 0 aliphatic rings. The first kappa shape index (κ1) is 19.2. The number of hydrogen-bond acceptors (Lipinski definition) is 8. The molecule has 8 heteroatoms. The monoisotopic (exact) mass is 408 g/mol. The van der Waals surface area contributed by atoms with Crippen LogP contribution in [-0.4, -0.2) is 27.5 Å². The minimum atomic E-state index is -0.137. The van der Waals surface area contributed by atoms with E-state index in [-0.39, 0.29) is 5.25 Å². The van der Waals surface area contributed by atoms with E-state index in [4.69, 9.17) is 13.6 Å². The predicted octanol–water partition coefficient (Wildman–Crippen LogP) is 5.27. The third-order valence-electron chi connectivity index (χ3n) is 4.28. The molecule has 0 N–H and O–H groups in total. The Balaban J connectivity index is 1.48. The zero-order valence-electron chi connectivity index (χ0n) is 16.5. The highest BCUT2D eigenvalue weighted by Gasteiger charge is 2.20. The van der Waals surface area contributed by atoms with Gasteiger partial charge in [-0.15, -0.1) is 20.4 Å². The zero-order chi connectivity index (χ0) is 20.4. The molecule has 0 amide bonds. The summed E-state index contributed by atoms with van der Waals surface area (Å²) in [6.07, 6.45) is 0. The van der Waals surface area contributed by atoms with Crippen LogP contribution in [0.5, 0.6) is 5.75 Å². The van der Waals surface area contributed by atoms with Crippen molar-refractivity contribution in [3.63, 3.8) is 0 Å². The van der Waals surface area contributed by atoms with E-state index < -0.39 is 0 Å². The van der Waals surface area contributed by atoms with E-state index in [9.17, 15) is 0 Å². The molecule has 0 spiro atoms. The zero-order valence-corrected chi connectivity index (χ0v) is 17.4. The van der Waals surface area contributed by atoms with Crippen molar-refractivity contribution < 1.29 is 13.6 Å². The average Bonchev–Trinajstić information content (AvgIpc) is 3.37. The fourth-order valence-electron chi connectivity index (χ4n) is 2.92. The van der Waals surface area contributed by atoms with Gasteiger partial charge >= 0.3 is 0 Å². The van der Waals surface area contributed by atoms with Crippen molar-refractivity contribution in [2.45, 2.75) is 31.2 Å². The summed E-state index contributed by atoms with van der Waals surface area (Å²) in [7, 11) is 1.63. The molecule has 0 unspecified atom stereocenters. The van der Waals surface area contributed by atoms with Gasteiger partial charge in [0.1, 0.15) is 5.75 Å². The predicted molar refractivity (Wildman–Crippen MR) is 110 cm³/mol. The van der Waals surface area contributed by atoms with Gasteiger partial charge in [-0.3, -0.25) is 0 Å². The minimum absolute atomic E-state index is 0.137. The first-order valence-corrected chi connectivity index (χ1v) is 9.96. The summed E-state index contributed by atoms with van der Waals surface area (Å²) in [5, 5.41) is 16.9. The number of thioether (sulfide) groups is 1. The van der Waals surface area contributed by atoms with Crippen LogP contribution in [0.2, 0.25) is 0 Å². The van der Waals surface area contributed by atoms with Crippen LogP contribution >= 0.6 is 11.8 Å². The Bertz CT molecular complexity index is 1100. The summed E-state index contributed by atoms with van der Waals surface area (Å²) in [6, 6.07) is 13.6. The molecular formula is C21H20N4O3S. The summed E-state index contributed by atoms with van der Waals surface area (Å²) < 4.78 is 16.8. The number of methoxy groups -OCH3 is 1. The van der Waals surface area contributed by atoms with Crippen LogP contribution < -0.4 is 4.74 Å². The van der Waals surface area contributed by atoms with Crippen LogP contribution in [0.3, 0.4) is 0 Å². The van der Waals surface area contributed by atoms with Crippen LogP contribution in [-0.2, 0) is 0 Å². The van der Waals surface area contributed by atoms with E-state index in [1.807, 2.05) is 57.2 Å². The van der Waals surface area contributed by atoms with Crippen LogP contribution in [0.4, 0.5) is 0 Å². The fourth-order valence-corrected chi connectivity index (χ4v) is 3.64. The normalized spacial score (nSPS) is 12.1. The van der Waals surface area contributed by atoms with E-state index in [2.05, 4.69) is 26.5 Å². The van der Waals surface area contributed by atoms with E-state index in [1.54, 1.807) is 7.11 Å². The van der Waals surface area contributed by atoms with E-state index in [0.29, 0.717) is 22.9 Å². The first-order chi connectivity index (χ1) is 14.0. The number of ether oxygens (including phenoxy) is 1. The lowest BCUT2D eigenvalue weighted by atomic mass is 10.1. The third-order valence-corrected chi connectivity index (χ3v) is 5.20. The standard InChI is InChI=1S/C21H20N4O3S/c1-12-9-13(2)11-16(10-12)20-24-25-21(28-20)29-14(3)18-22-23-19(27-18)15-5-7-17(26-4)8-6-15/h5-11,14H,1-4H3/t14-/m1/s1. The summed E-state index contributed by atoms with van der Waals surface area (Å²) >= 11 is 1.38. The van der Waals surface area contributed by atoms with Gasteiger partial charge in [-0.2, -0.15) is 0 Å². The van der Waals surface area contributed by atoms with Gasteiger partial charge in [-0.25, -0.2) is 0 Å². The van der Waals surface area contributed by atoms with Gasteiger partial charge in [0, 0.05) is 11.1 Å². The number of benzene rings is 2. The fraction of sp³-hybridized carbons (Fsp3) is 0.238. The molecule has 2 heterocycles. The number of aromatic nitrogens is 4. The minimum Gasteiger partial charge on any atom is -0.497 e. The van der Waals surface area contributed by atoms with E-state index >= 15 is 0 Å². The van der Waals surface area contributed by atoms with E-state index in [1.165, 1.54) is 11.8 Å². The first-order valence-electron chi connectivity index (χ1n) is 9.08. The largest absolute Gasteiger partial charge is 0.497 e. The Hall–Kier alpha value is -3.13. The molecule has 0 saturated heterocycles. The molecular weight excluding hydrogens is 388 g/mol. The van der Waals surface area contributed by atoms with Gasteiger partial charge in [0.25, 0.3) is 5.22 Å². The number of aryl methyl sites for hydroxylation is 2. The lowest BCUT2D eigenvalue weighted by Crippen LogP contribution is -1.88. The van der Waals surface area contributed by atoms with Crippen LogP contribution in [0.1, 0.15) is 29.2 Å². The Labute approximate surface area is 172 Å². The maximum absolute atomic E-state index is 5.83. The second kappa shape index (κ2) is 8.08. The smallest absolute Gasteiger partial charge is 0.277 e. The summed E-state index contributed by atoms with van der Waals surface area (Å²) in [5.74, 6) is 2.22. The SMILES string of the molecule is COc1ccc(-c2nnc([C@@H](C)Sc3nnc(-c4cc(C)cc(C)c4)o3)o2)cc1. The van der Waals surface area contributed by atoms with Crippen molar-refractivity contribution in [2.24, 2.45) is 0 Å². The van der Waals surface area contributed by atoms with Gasteiger partial charge in [0.15, 0.2) is 0 Å². The van der Waals surface area contributed by atoms with Crippen LogP contribution in [0, 0.1) is 13.8 Å². The third kappa shape index (κ3) is 4.32. The summed E-state index contributed by atoms with van der Waals surface area (Å²) in [6.45, 7) is 6.04. The van der Waals surface area contributed by atoms with Crippen molar-refractivity contribution in [1.29, 1.82) is 0 Å². The molecule has 4 rings (SSSR count). The highest BCUT2D eigenvalue weighted by atomic mass is 32.2. The van der Waals surface area contributed by atoms with Crippen molar-refractivity contribution in [3.05, 3.63) is 59.5 Å². The second-order valence-electron chi connectivity index (χ2n) is 6.68. The van der Waals surface area contributed by atoms with Crippen molar-refractivity contribution in [3.8, 4) is 28.7 Å². The highest BCUT2D eigenvalue weighted by molar-refractivity contribution is 7.99. The van der Waals surface area contributed by atoms with Gasteiger partial charge in [-0.05, 0) is 57.2 Å². The molecule has 7 nitrogen and oxygen atoms in total. The Kier molecular flexibility index (Phi) is 5.35. The Morgan fingerprint density at radius 3 is 2.17 bits per heavy atom. The Morgan fingerprint density at radius 2 is 1.48 bits per heavy atom. The maximum atomic E-state index is 5.83. The summed E-state index contributed by atoms with van der Waals surface area (Å²) in [5.41, 5.74) is 4.04. The molecule has 148 valence electrons. The van der Waals surface area contributed by atoms with Crippen LogP contribution in [0.15, 0.2) is 56.5 Å². The molecule has 0 saturated carbocycles. The van der Waals surface area contributed by atoms with Gasteiger partial charge in [0.05, 0.1) is 12.4 Å². The molecule has 0 aliphatic carbocycles. The van der Waals surface area contributed by atoms with Gasteiger partial charge in [-0.1, -0.05) is 29.0 Å². The molecule has 29 heavy (non-hydrogen) atoms. The number of hydrogen-bond donors (Lipinski definition) is 0. The van der Waals surface area contributed by atoms with E-state index in [0.717, 1.165) is 28.0 Å². The van der Waals surface area contributed by atoms with Crippen molar-refractivity contribution in [2.75, 3.05) is 7.11 Å². The molecule has 0 fully saturated rings. The second-order valence-corrected chi connectivity index (χ2v) is 7.98. The molecule has 1 atom stereocenters. The number of rotatable bonds is 6. The van der Waals surface area contributed by atoms with Crippen LogP contribution in [0.25, 0.3) is 22.9 Å². The van der Waals surface area contributed by atoms with Crippen molar-refractivity contribution >= 4 is 11.8 Å². The van der Waals surface area contributed by atoms with Crippen molar-refractivity contribution in [1.82, 2.24) is 20.4 Å². The topological polar surface area (TPSA) is 87.1 Å². The molecule has 0 radical (unpaired) electrons.